The Morgan fingerprint density at radius 1 is 0.900 bits per heavy atom. The number of rotatable bonds is 1. The van der Waals surface area contributed by atoms with Gasteiger partial charge in [0.15, 0.2) is 0 Å². The molecule has 2 aromatic carbocycles. The first-order valence-corrected chi connectivity index (χ1v) is 6.27. The Labute approximate surface area is 118 Å². The SMILES string of the molecule is FC(F)(F)c1ccc(-c2cc3cc(Cl)ccc3[nH]2)cc1. The molecule has 0 spiro atoms. The third kappa shape index (κ3) is 2.39. The van der Waals surface area contributed by atoms with Gasteiger partial charge in [-0.3, -0.25) is 0 Å². The first kappa shape index (κ1) is 13.1. The maximum Gasteiger partial charge on any atom is 0.416 e. The molecule has 3 rings (SSSR count). The van der Waals surface area contributed by atoms with E-state index < -0.39 is 11.7 Å². The number of hydrogen-bond acceptors (Lipinski definition) is 0. The van der Waals surface area contributed by atoms with Crippen molar-refractivity contribution in [2.75, 3.05) is 0 Å². The summed E-state index contributed by atoms with van der Waals surface area (Å²) in [5.41, 5.74) is 1.70. The predicted octanol–water partition coefficient (Wildman–Crippen LogP) is 5.51. The number of alkyl halides is 3. The van der Waals surface area contributed by atoms with Gasteiger partial charge in [0.25, 0.3) is 0 Å². The van der Waals surface area contributed by atoms with Crippen LogP contribution >= 0.6 is 11.6 Å². The smallest absolute Gasteiger partial charge is 0.355 e. The van der Waals surface area contributed by atoms with Gasteiger partial charge >= 0.3 is 6.18 Å². The first-order chi connectivity index (χ1) is 9.43. The third-order valence-electron chi connectivity index (χ3n) is 3.11. The largest absolute Gasteiger partial charge is 0.416 e. The Bertz CT molecular complexity index is 757. The summed E-state index contributed by atoms with van der Waals surface area (Å²) in [6.07, 6.45) is -4.31. The minimum Gasteiger partial charge on any atom is -0.355 e. The van der Waals surface area contributed by atoms with Gasteiger partial charge in [-0.05, 0) is 42.0 Å². The van der Waals surface area contributed by atoms with Crippen molar-refractivity contribution in [3.63, 3.8) is 0 Å². The Hall–Kier alpha value is -1.94. The molecule has 102 valence electrons. The molecule has 0 fully saturated rings. The van der Waals surface area contributed by atoms with E-state index in [1.54, 1.807) is 12.1 Å². The van der Waals surface area contributed by atoms with Crippen molar-refractivity contribution >= 4 is 22.5 Å². The average molecular weight is 296 g/mol. The summed E-state index contributed by atoms with van der Waals surface area (Å²) in [5, 5.41) is 1.54. The number of aromatic amines is 1. The maximum absolute atomic E-state index is 12.5. The highest BCUT2D eigenvalue weighted by atomic mass is 35.5. The van der Waals surface area contributed by atoms with Gasteiger partial charge in [0.1, 0.15) is 0 Å². The summed E-state index contributed by atoms with van der Waals surface area (Å²) in [6.45, 7) is 0. The molecule has 0 aliphatic carbocycles. The summed E-state index contributed by atoms with van der Waals surface area (Å²) in [7, 11) is 0. The van der Waals surface area contributed by atoms with Gasteiger partial charge in [-0.2, -0.15) is 13.2 Å². The monoisotopic (exact) mass is 295 g/mol. The van der Waals surface area contributed by atoms with Gasteiger partial charge in [-0.25, -0.2) is 0 Å². The van der Waals surface area contributed by atoms with Gasteiger partial charge in [0, 0.05) is 21.6 Å². The molecule has 1 heterocycles. The zero-order valence-electron chi connectivity index (χ0n) is 10.1. The van der Waals surface area contributed by atoms with E-state index in [0.717, 1.165) is 28.7 Å². The molecule has 1 aromatic heterocycles. The fourth-order valence-electron chi connectivity index (χ4n) is 2.10. The van der Waals surface area contributed by atoms with Gasteiger partial charge in [0.2, 0.25) is 0 Å². The lowest BCUT2D eigenvalue weighted by molar-refractivity contribution is -0.137. The van der Waals surface area contributed by atoms with Gasteiger partial charge in [-0.1, -0.05) is 23.7 Å². The number of nitrogens with one attached hydrogen (secondary N) is 1. The van der Waals surface area contributed by atoms with E-state index in [4.69, 9.17) is 11.6 Å². The Morgan fingerprint density at radius 3 is 2.25 bits per heavy atom. The molecule has 0 unspecified atom stereocenters. The van der Waals surface area contributed by atoms with Crippen LogP contribution in [0.2, 0.25) is 5.02 Å². The molecule has 5 heteroatoms. The quantitative estimate of drug-likeness (QED) is 0.609. The molecular formula is C15H9ClF3N. The van der Waals surface area contributed by atoms with Crippen molar-refractivity contribution in [1.82, 2.24) is 4.98 Å². The van der Waals surface area contributed by atoms with Crippen LogP contribution in [0.1, 0.15) is 5.56 Å². The minimum atomic E-state index is -4.31. The minimum absolute atomic E-state index is 0.621. The van der Waals surface area contributed by atoms with Crippen LogP contribution in [-0.4, -0.2) is 4.98 Å². The van der Waals surface area contributed by atoms with Crippen molar-refractivity contribution in [2.45, 2.75) is 6.18 Å². The van der Waals surface area contributed by atoms with Crippen LogP contribution in [0.5, 0.6) is 0 Å². The molecule has 0 saturated heterocycles. The Balaban J connectivity index is 2.02. The first-order valence-electron chi connectivity index (χ1n) is 5.89. The van der Waals surface area contributed by atoms with Crippen LogP contribution < -0.4 is 0 Å². The summed E-state index contributed by atoms with van der Waals surface area (Å²) >= 11 is 5.91. The zero-order valence-corrected chi connectivity index (χ0v) is 10.9. The normalized spacial score (nSPS) is 12.0. The second-order valence-corrected chi connectivity index (χ2v) is 4.93. The lowest BCUT2D eigenvalue weighted by Gasteiger charge is -2.06. The number of hydrogen-bond donors (Lipinski definition) is 1. The van der Waals surface area contributed by atoms with Crippen molar-refractivity contribution in [1.29, 1.82) is 0 Å². The standard InChI is InChI=1S/C15H9ClF3N/c16-12-5-6-13-10(7-12)8-14(20-13)9-1-3-11(4-2-9)15(17,18)19/h1-8,20H. The van der Waals surface area contributed by atoms with Crippen LogP contribution in [0.15, 0.2) is 48.5 Å². The molecular weight excluding hydrogens is 287 g/mol. The van der Waals surface area contributed by atoms with Gasteiger partial charge in [0.05, 0.1) is 5.56 Å². The molecule has 0 aliphatic heterocycles. The molecule has 20 heavy (non-hydrogen) atoms. The number of benzene rings is 2. The third-order valence-corrected chi connectivity index (χ3v) is 3.34. The van der Waals surface area contributed by atoms with Crippen molar-refractivity contribution in [3.05, 3.63) is 59.1 Å². The summed E-state index contributed by atoms with van der Waals surface area (Å²) in [4.78, 5) is 3.16. The van der Waals surface area contributed by atoms with Crippen LogP contribution in [0.4, 0.5) is 13.2 Å². The maximum atomic E-state index is 12.5. The topological polar surface area (TPSA) is 15.8 Å². The van der Waals surface area contributed by atoms with Crippen LogP contribution in [0.3, 0.4) is 0 Å². The van der Waals surface area contributed by atoms with Crippen LogP contribution in [0, 0.1) is 0 Å². The highest BCUT2D eigenvalue weighted by molar-refractivity contribution is 6.31. The zero-order chi connectivity index (χ0) is 14.3. The van der Waals surface area contributed by atoms with E-state index in [9.17, 15) is 13.2 Å². The predicted molar refractivity (Wildman–Crippen MR) is 73.7 cm³/mol. The Kier molecular flexibility index (Phi) is 2.98. The fraction of sp³-hybridized carbons (Fsp3) is 0.0667. The summed E-state index contributed by atoms with van der Waals surface area (Å²) in [5.74, 6) is 0. The molecule has 0 amide bonds. The number of fused-ring (bicyclic) bond motifs is 1. The van der Waals surface area contributed by atoms with Crippen molar-refractivity contribution < 1.29 is 13.2 Å². The Morgan fingerprint density at radius 2 is 1.60 bits per heavy atom. The lowest BCUT2D eigenvalue weighted by Crippen LogP contribution is -2.03. The molecule has 0 bridgehead atoms. The average Bonchev–Trinajstić information content (AvgIpc) is 2.80. The molecule has 0 atom stereocenters. The summed E-state index contributed by atoms with van der Waals surface area (Å²) in [6, 6.07) is 12.3. The molecule has 0 radical (unpaired) electrons. The molecule has 0 saturated carbocycles. The lowest BCUT2D eigenvalue weighted by atomic mass is 10.1. The molecule has 0 aliphatic rings. The van der Waals surface area contributed by atoms with E-state index in [0.29, 0.717) is 10.6 Å². The summed E-state index contributed by atoms with van der Waals surface area (Å²) < 4.78 is 37.5. The number of aromatic nitrogens is 1. The van der Waals surface area contributed by atoms with Crippen molar-refractivity contribution in [3.8, 4) is 11.3 Å². The second kappa shape index (κ2) is 4.56. The molecule has 1 N–H and O–H groups in total. The van der Waals surface area contributed by atoms with Gasteiger partial charge in [-0.15, -0.1) is 0 Å². The number of halogens is 4. The molecule has 3 aromatic rings. The van der Waals surface area contributed by atoms with E-state index in [1.165, 1.54) is 12.1 Å². The van der Waals surface area contributed by atoms with Crippen LogP contribution in [0.25, 0.3) is 22.2 Å². The van der Waals surface area contributed by atoms with E-state index in [1.807, 2.05) is 12.1 Å². The number of H-pyrrole nitrogens is 1. The van der Waals surface area contributed by atoms with E-state index in [2.05, 4.69) is 4.98 Å². The van der Waals surface area contributed by atoms with Gasteiger partial charge < -0.3 is 4.98 Å². The second-order valence-electron chi connectivity index (χ2n) is 4.49. The fourth-order valence-corrected chi connectivity index (χ4v) is 2.28. The van der Waals surface area contributed by atoms with Crippen LogP contribution in [-0.2, 0) is 6.18 Å². The van der Waals surface area contributed by atoms with E-state index in [-0.39, 0.29) is 0 Å². The molecule has 1 nitrogen and oxygen atoms in total. The highest BCUT2D eigenvalue weighted by Gasteiger charge is 2.29. The van der Waals surface area contributed by atoms with Crippen molar-refractivity contribution in [2.24, 2.45) is 0 Å². The van der Waals surface area contributed by atoms with E-state index >= 15 is 0 Å². The highest BCUT2D eigenvalue weighted by Crippen LogP contribution is 2.31.